The molecular weight excluding hydrogens is 344 g/mol. The molecule has 0 fully saturated rings. The molecule has 1 aliphatic heterocycles. The minimum atomic E-state index is -0.766. The van der Waals surface area contributed by atoms with Gasteiger partial charge in [-0.25, -0.2) is 9.67 Å². The average Bonchev–Trinajstić information content (AvgIpc) is 3.16. The van der Waals surface area contributed by atoms with Crippen LogP contribution in [0.25, 0.3) is 5.69 Å². The fraction of sp³-hybridized carbons (Fsp3) is 0.118. The van der Waals surface area contributed by atoms with Crippen LogP contribution in [0.15, 0.2) is 55.1 Å². The van der Waals surface area contributed by atoms with E-state index in [-0.39, 0.29) is 12.5 Å². The first-order valence-corrected chi connectivity index (χ1v) is 7.92. The first-order valence-electron chi connectivity index (χ1n) is 7.54. The first-order chi connectivity index (χ1) is 12.2. The number of benzene rings is 2. The summed E-state index contributed by atoms with van der Waals surface area (Å²) in [4.78, 5) is 16.5. The molecule has 0 spiro atoms. The number of fused-ring (bicyclic) bond motifs is 1. The van der Waals surface area contributed by atoms with E-state index in [4.69, 9.17) is 21.1 Å². The Morgan fingerprint density at radius 3 is 2.88 bits per heavy atom. The summed E-state index contributed by atoms with van der Waals surface area (Å²) < 4.78 is 12.8. The molecule has 25 heavy (non-hydrogen) atoms. The predicted molar refractivity (Wildman–Crippen MR) is 91.4 cm³/mol. The second-order valence-corrected chi connectivity index (χ2v) is 5.79. The quantitative estimate of drug-likeness (QED) is 0.780. The van der Waals surface area contributed by atoms with Gasteiger partial charge in [0.15, 0.2) is 11.5 Å². The predicted octanol–water partition coefficient (Wildman–Crippen LogP) is 2.70. The monoisotopic (exact) mass is 356 g/mol. The Balaban J connectivity index is 1.57. The van der Waals surface area contributed by atoms with Crippen molar-refractivity contribution in [1.29, 1.82) is 0 Å². The molecule has 1 aliphatic rings. The van der Waals surface area contributed by atoms with Gasteiger partial charge in [-0.3, -0.25) is 4.79 Å². The van der Waals surface area contributed by atoms with Crippen molar-refractivity contribution in [3.8, 4) is 17.2 Å². The standard InChI is InChI=1S/C17H13ClN4O3/c18-11-5-6-13(22-10-19-9-20-22)12(7-11)21-17(23)16-8-24-14-3-1-2-4-15(14)25-16/h1-7,9-10,16H,8H2,(H,21,23)/t16-/m0/s1. The van der Waals surface area contributed by atoms with E-state index in [0.717, 1.165) is 0 Å². The molecule has 7 nitrogen and oxygen atoms in total. The van der Waals surface area contributed by atoms with Gasteiger partial charge in [0.05, 0.1) is 11.4 Å². The zero-order chi connectivity index (χ0) is 17.2. The second kappa shape index (κ2) is 6.45. The summed E-state index contributed by atoms with van der Waals surface area (Å²) in [5.74, 6) is 0.826. The smallest absolute Gasteiger partial charge is 0.269 e. The summed E-state index contributed by atoms with van der Waals surface area (Å²) in [6.45, 7) is 0.127. The highest BCUT2D eigenvalue weighted by molar-refractivity contribution is 6.31. The molecule has 4 rings (SSSR count). The van der Waals surface area contributed by atoms with Gasteiger partial charge in [-0.2, -0.15) is 5.10 Å². The van der Waals surface area contributed by atoms with E-state index >= 15 is 0 Å². The van der Waals surface area contributed by atoms with Crippen LogP contribution in [0.2, 0.25) is 5.02 Å². The van der Waals surface area contributed by atoms with E-state index in [1.807, 2.05) is 12.1 Å². The molecule has 0 saturated heterocycles. The van der Waals surface area contributed by atoms with Crippen LogP contribution in [0.5, 0.6) is 11.5 Å². The maximum absolute atomic E-state index is 12.6. The number of nitrogens with zero attached hydrogens (tertiary/aromatic N) is 3. The number of anilines is 1. The van der Waals surface area contributed by atoms with Crippen LogP contribution >= 0.6 is 11.6 Å². The summed E-state index contributed by atoms with van der Waals surface area (Å²) in [6.07, 6.45) is 2.18. The molecule has 2 heterocycles. The van der Waals surface area contributed by atoms with E-state index in [0.29, 0.717) is 27.9 Å². The molecule has 2 aromatic carbocycles. The molecule has 0 saturated carbocycles. The third-order valence-corrected chi connectivity index (χ3v) is 3.92. The van der Waals surface area contributed by atoms with Gasteiger partial charge in [-0.15, -0.1) is 0 Å². The van der Waals surface area contributed by atoms with E-state index in [1.54, 1.807) is 35.0 Å². The highest BCUT2D eigenvalue weighted by atomic mass is 35.5. The van der Waals surface area contributed by atoms with Crippen molar-refractivity contribution in [2.45, 2.75) is 6.10 Å². The highest BCUT2D eigenvalue weighted by Gasteiger charge is 2.28. The van der Waals surface area contributed by atoms with Crippen LogP contribution in [0, 0.1) is 0 Å². The number of para-hydroxylation sites is 2. The third-order valence-electron chi connectivity index (χ3n) is 3.68. The van der Waals surface area contributed by atoms with Gasteiger partial charge >= 0.3 is 0 Å². The van der Waals surface area contributed by atoms with Crippen LogP contribution in [-0.2, 0) is 4.79 Å². The lowest BCUT2D eigenvalue weighted by Crippen LogP contribution is -2.40. The topological polar surface area (TPSA) is 78.3 Å². The van der Waals surface area contributed by atoms with Gasteiger partial charge in [0.1, 0.15) is 19.3 Å². The largest absolute Gasteiger partial charge is 0.485 e. The molecule has 8 heteroatoms. The minimum Gasteiger partial charge on any atom is -0.485 e. The zero-order valence-electron chi connectivity index (χ0n) is 12.9. The number of carbonyl (C=O) groups is 1. The van der Waals surface area contributed by atoms with Crippen molar-refractivity contribution in [3.05, 3.63) is 60.1 Å². The lowest BCUT2D eigenvalue weighted by molar-refractivity contribution is -0.125. The molecule has 0 unspecified atom stereocenters. The van der Waals surface area contributed by atoms with Crippen molar-refractivity contribution in [2.24, 2.45) is 0 Å². The molecule has 3 aromatic rings. The van der Waals surface area contributed by atoms with Crippen molar-refractivity contribution in [3.63, 3.8) is 0 Å². The number of hydrogen-bond donors (Lipinski definition) is 1. The highest BCUT2D eigenvalue weighted by Crippen LogP contribution is 2.31. The van der Waals surface area contributed by atoms with Gasteiger partial charge in [0.2, 0.25) is 6.10 Å². The number of ether oxygens (including phenoxy) is 2. The van der Waals surface area contributed by atoms with Crippen LogP contribution in [0.1, 0.15) is 0 Å². The molecular formula is C17H13ClN4O3. The summed E-state index contributed by atoms with van der Waals surface area (Å²) in [5, 5.41) is 7.40. The molecule has 1 aromatic heterocycles. The SMILES string of the molecule is O=C(Nc1cc(Cl)ccc1-n1cncn1)[C@@H]1COc2ccccc2O1. The van der Waals surface area contributed by atoms with Crippen molar-refractivity contribution in [2.75, 3.05) is 11.9 Å². The van der Waals surface area contributed by atoms with E-state index in [2.05, 4.69) is 15.4 Å². The Morgan fingerprint density at radius 1 is 1.24 bits per heavy atom. The Morgan fingerprint density at radius 2 is 2.08 bits per heavy atom. The van der Waals surface area contributed by atoms with Crippen LogP contribution < -0.4 is 14.8 Å². The molecule has 1 N–H and O–H groups in total. The fourth-order valence-electron chi connectivity index (χ4n) is 2.50. The van der Waals surface area contributed by atoms with Gasteiger partial charge in [-0.1, -0.05) is 23.7 Å². The molecule has 1 atom stereocenters. The number of aromatic nitrogens is 3. The van der Waals surface area contributed by atoms with Gasteiger partial charge < -0.3 is 14.8 Å². The number of rotatable bonds is 3. The summed E-state index contributed by atoms with van der Waals surface area (Å²) in [6, 6.07) is 12.3. The summed E-state index contributed by atoms with van der Waals surface area (Å²) in [5.41, 5.74) is 1.15. The Labute approximate surface area is 148 Å². The van der Waals surface area contributed by atoms with Crippen molar-refractivity contribution in [1.82, 2.24) is 14.8 Å². The Bertz CT molecular complexity index is 914. The van der Waals surface area contributed by atoms with Crippen molar-refractivity contribution < 1.29 is 14.3 Å². The number of halogens is 1. The molecule has 0 aliphatic carbocycles. The maximum atomic E-state index is 12.6. The first kappa shape index (κ1) is 15.5. The Kier molecular flexibility index (Phi) is 3.99. The number of hydrogen-bond acceptors (Lipinski definition) is 5. The maximum Gasteiger partial charge on any atom is 0.269 e. The minimum absolute atomic E-state index is 0.127. The number of carbonyl (C=O) groups excluding carboxylic acids is 1. The second-order valence-electron chi connectivity index (χ2n) is 5.36. The number of nitrogens with one attached hydrogen (secondary N) is 1. The van der Waals surface area contributed by atoms with E-state index in [9.17, 15) is 4.79 Å². The summed E-state index contributed by atoms with van der Waals surface area (Å²) in [7, 11) is 0. The number of amides is 1. The summed E-state index contributed by atoms with van der Waals surface area (Å²) >= 11 is 6.06. The van der Waals surface area contributed by atoms with E-state index in [1.165, 1.54) is 12.7 Å². The molecule has 0 radical (unpaired) electrons. The lowest BCUT2D eigenvalue weighted by atomic mass is 10.2. The molecule has 0 bridgehead atoms. The van der Waals surface area contributed by atoms with Crippen LogP contribution in [0.3, 0.4) is 0 Å². The third kappa shape index (κ3) is 3.14. The molecule has 1 amide bonds. The Hall–Kier alpha value is -3.06. The average molecular weight is 357 g/mol. The molecule has 126 valence electrons. The van der Waals surface area contributed by atoms with Crippen LogP contribution in [0.4, 0.5) is 5.69 Å². The lowest BCUT2D eigenvalue weighted by Gasteiger charge is -2.25. The van der Waals surface area contributed by atoms with Gasteiger partial charge in [0, 0.05) is 5.02 Å². The van der Waals surface area contributed by atoms with Gasteiger partial charge in [0.25, 0.3) is 5.91 Å². The zero-order valence-corrected chi connectivity index (χ0v) is 13.7. The fourth-order valence-corrected chi connectivity index (χ4v) is 2.67. The van der Waals surface area contributed by atoms with Crippen molar-refractivity contribution >= 4 is 23.2 Å². The van der Waals surface area contributed by atoms with E-state index < -0.39 is 6.10 Å². The normalized spacial score (nSPS) is 15.6. The van der Waals surface area contributed by atoms with Crippen LogP contribution in [-0.4, -0.2) is 33.4 Å². The van der Waals surface area contributed by atoms with Gasteiger partial charge in [-0.05, 0) is 30.3 Å².